The first kappa shape index (κ1) is 33.7. The maximum absolute atomic E-state index is 12.2. The van der Waals surface area contributed by atoms with E-state index in [1.807, 2.05) is 39.0 Å². The molecule has 0 aromatic heterocycles. The molecule has 0 bridgehead atoms. The SMILES string of the molecule is CC1CC[N+](=O)C1=O.CC=O.Cc1cc(OCCCCCN2CCC(OC3CNC3)CC2)ccc1C(=O)C(C)C. The van der Waals surface area contributed by atoms with Gasteiger partial charge >= 0.3 is 5.91 Å². The zero-order chi connectivity index (χ0) is 29.5. The molecule has 0 spiro atoms. The van der Waals surface area contributed by atoms with Gasteiger partial charge in [-0.2, -0.15) is 0 Å². The largest absolute Gasteiger partial charge is 0.494 e. The summed E-state index contributed by atoms with van der Waals surface area (Å²) >= 11 is 0. The van der Waals surface area contributed by atoms with Gasteiger partial charge in [0.2, 0.25) is 6.54 Å². The number of ether oxygens (including phenoxy) is 2. The first-order valence-electron chi connectivity index (χ1n) is 14.9. The molecule has 1 unspecified atom stereocenters. The van der Waals surface area contributed by atoms with Gasteiger partial charge in [-0.25, -0.2) is 4.79 Å². The number of carbonyl (C=O) groups excluding carboxylic acids is 3. The molecule has 4 rings (SSSR count). The summed E-state index contributed by atoms with van der Waals surface area (Å²) in [5, 5.41) is 3.27. The molecule has 1 aromatic rings. The van der Waals surface area contributed by atoms with Gasteiger partial charge in [-0.1, -0.05) is 13.8 Å². The van der Waals surface area contributed by atoms with Crippen molar-refractivity contribution >= 4 is 18.0 Å². The van der Waals surface area contributed by atoms with E-state index in [2.05, 4.69) is 10.2 Å². The predicted octanol–water partition coefficient (Wildman–Crippen LogP) is 4.37. The number of likely N-dealkylation sites (tertiary alicyclic amines) is 1. The van der Waals surface area contributed by atoms with E-state index in [4.69, 9.17) is 14.3 Å². The van der Waals surface area contributed by atoms with Gasteiger partial charge in [0, 0.05) is 49.0 Å². The molecule has 224 valence electrons. The fourth-order valence-corrected chi connectivity index (χ4v) is 4.81. The van der Waals surface area contributed by atoms with Crippen molar-refractivity contribution in [2.24, 2.45) is 11.8 Å². The lowest BCUT2D eigenvalue weighted by atomic mass is 9.97. The number of nitrogens with zero attached hydrogens (tertiary/aromatic N) is 2. The Bertz CT molecular complexity index is 954. The molecule has 1 aromatic carbocycles. The number of aldehydes is 1. The average molecular weight is 561 g/mol. The molecule has 3 heterocycles. The van der Waals surface area contributed by atoms with E-state index in [1.165, 1.54) is 52.2 Å². The average Bonchev–Trinajstić information content (AvgIpc) is 3.20. The van der Waals surface area contributed by atoms with Crippen LogP contribution in [0.4, 0.5) is 0 Å². The fourth-order valence-electron chi connectivity index (χ4n) is 4.81. The molecule has 1 amide bonds. The summed E-state index contributed by atoms with van der Waals surface area (Å²) in [6.07, 6.45) is 8.24. The van der Waals surface area contributed by atoms with E-state index in [0.29, 0.717) is 23.5 Å². The third-order valence-electron chi connectivity index (χ3n) is 7.47. The Morgan fingerprint density at radius 2 is 1.80 bits per heavy atom. The van der Waals surface area contributed by atoms with Crippen LogP contribution in [0.5, 0.6) is 5.75 Å². The molecule has 9 nitrogen and oxygen atoms in total. The summed E-state index contributed by atoms with van der Waals surface area (Å²) in [5.41, 5.74) is 1.81. The highest BCUT2D eigenvalue weighted by Gasteiger charge is 2.37. The molecular weight excluding hydrogens is 510 g/mol. The van der Waals surface area contributed by atoms with Gasteiger partial charge in [-0.3, -0.25) is 4.79 Å². The zero-order valence-electron chi connectivity index (χ0n) is 25.2. The molecule has 0 saturated carbocycles. The monoisotopic (exact) mass is 560 g/mol. The maximum atomic E-state index is 12.2. The molecule has 0 radical (unpaired) electrons. The summed E-state index contributed by atoms with van der Waals surface area (Å²) in [5.74, 6) is 0.799. The van der Waals surface area contributed by atoms with E-state index < -0.39 is 0 Å². The van der Waals surface area contributed by atoms with Gasteiger partial charge in [-0.15, -0.1) is 0 Å². The number of piperidine rings is 1. The summed E-state index contributed by atoms with van der Waals surface area (Å²) < 4.78 is 12.5. The Morgan fingerprint density at radius 1 is 1.12 bits per heavy atom. The number of nitroso groups, excluding NO2 is 1. The van der Waals surface area contributed by atoms with Gasteiger partial charge < -0.3 is 24.5 Å². The molecule has 3 aliphatic heterocycles. The number of ketones is 1. The number of Topliss-reactive ketones (excluding diaryl/α,β-unsaturated/α-hetero) is 1. The molecule has 9 heteroatoms. The smallest absolute Gasteiger partial charge is 0.436 e. The number of amides is 1. The molecule has 1 N–H and O–H groups in total. The molecule has 40 heavy (non-hydrogen) atoms. The summed E-state index contributed by atoms with van der Waals surface area (Å²) in [4.78, 5) is 44.4. The van der Waals surface area contributed by atoms with E-state index >= 15 is 0 Å². The number of unbranched alkanes of at least 4 members (excludes halogenated alkanes) is 2. The van der Waals surface area contributed by atoms with E-state index in [1.54, 1.807) is 6.92 Å². The van der Waals surface area contributed by atoms with Gasteiger partial charge in [0.25, 0.3) is 0 Å². The van der Waals surface area contributed by atoms with Crippen LogP contribution < -0.4 is 10.1 Å². The minimum atomic E-state index is -0.259. The summed E-state index contributed by atoms with van der Waals surface area (Å²) in [6, 6.07) is 5.82. The molecule has 0 aliphatic carbocycles. The molecule has 3 aliphatic rings. The number of benzene rings is 1. The lowest BCUT2D eigenvalue weighted by Crippen LogP contribution is -2.51. The third kappa shape index (κ3) is 11.6. The predicted molar refractivity (Wildman–Crippen MR) is 156 cm³/mol. The van der Waals surface area contributed by atoms with Crippen LogP contribution in [0.15, 0.2) is 18.2 Å². The maximum Gasteiger partial charge on any atom is 0.436 e. The molecule has 1 atom stereocenters. The van der Waals surface area contributed by atoms with Crippen molar-refractivity contribution in [2.75, 3.05) is 45.9 Å². The Hall–Kier alpha value is -2.49. The van der Waals surface area contributed by atoms with Crippen molar-refractivity contribution in [1.82, 2.24) is 10.2 Å². The normalized spacial score (nSPS) is 19.8. The number of aryl methyl sites for hydroxylation is 1. The second-order valence-corrected chi connectivity index (χ2v) is 11.2. The van der Waals surface area contributed by atoms with Crippen molar-refractivity contribution in [2.45, 2.75) is 85.4 Å². The first-order chi connectivity index (χ1) is 19.2. The molecular formula is C31H50N3O6+. The number of nitrogens with one attached hydrogen (secondary N) is 1. The first-order valence-corrected chi connectivity index (χ1v) is 14.9. The second-order valence-electron chi connectivity index (χ2n) is 11.2. The van der Waals surface area contributed by atoms with Crippen LogP contribution in [-0.2, 0) is 14.3 Å². The van der Waals surface area contributed by atoms with Gasteiger partial charge in [0.05, 0.1) is 29.5 Å². The number of rotatable bonds is 11. The highest BCUT2D eigenvalue weighted by molar-refractivity contribution is 5.98. The Kier molecular flexibility index (Phi) is 15.2. The number of carbonyl (C=O) groups is 3. The van der Waals surface area contributed by atoms with Gasteiger partial charge in [0.15, 0.2) is 5.78 Å². The van der Waals surface area contributed by atoms with Crippen LogP contribution in [0.2, 0.25) is 0 Å². The minimum Gasteiger partial charge on any atom is -0.494 e. The summed E-state index contributed by atoms with van der Waals surface area (Å²) in [6.45, 7) is 15.8. The number of hydrogen-bond donors (Lipinski definition) is 1. The standard InChI is InChI=1S/C24H38N2O3.C5H8NO2.C2H4O/c1-18(2)24(27)23-8-7-21(15-19(23)3)28-14-6-4-5-11-26-12-9-20(10-13-26)29-22-16-25-17-22;1-4-2-3-6(8)5(4)7;1-2-3/h7-8,15,18,20,22,25H,4-6,9-14,16-17H2,1-3H3;4H,2-3H2,1H3;2H,1H3/q;+1;. The van der Waals surface area contributed by atoms with Crippen molar-refractivity contribution < 1.29 is 28.6 Å². The quantitative estimate of drug-likeness (QED) is 0.184. The lowest BCUT2D eigenvalue weighted by Gasteiger charge is -2.36. The highest BCUT2D eigenvalue weighted by Crippen LogP contribution is 2.21. The van der Waals surface area contributed by atoms with Crippen LogP contribution >= 0.6 is 0 Å². The van der Waals surface area contributed by atoms with Crippen molar-refractivity contribution in [1.29, 1.82) is 0 Å². The summed E-state index contributed by atoms with van der Waals surface area (Å²) in [7, 11) is 0. The second kappa shape index (κ2) is 18.0. The third-order valence-corrected chi connectivity index (χ3v) is 7.47. The molecule has 3 fully saturated rings. The minimum absolute atomic E-state index is 0.0267. The van der Waals surface area contributed by atoms with Crippen LogP contribution in [0.3, 0.4) is 0 Å². The zero-order valence-corrected chi connectivity index (χ0v) is 25.2. The highest BCUT2D eigenvalue weighted by atomic mass is 16.5. The van der Waals surface area contributed by atoms with Crippen molar-refractivity contribution in [3.05, 3.63) is 34.2 Å². The lowest BCUT2D eigenvalue weighted by molar-refractivity contribution is -0.454. The van der Waals surface area contributed by atoms with Gasteiger partial charge in [-0.05, 0) is 83.2 Å². The van der Waals surface area contributed by atoms with Gasteiger partial charge in [0.1, 0.15) is 12.0 Å². The Balaban J connectivity index is 0.000000427. The Morgan fingerprint density at radius 3 is 2.27 bits per heavy atom. The van der Waals surface area contributed by atoms with Crippen LogP contribution in [0.25, 0.3) is 0 Å². The van der Waals surface area contributed by atoms with E-state index in [0.717, 1.165) is 55.7 Å². The van der Waals surface area contributed by atoms with E-state index in [-0.39, 0.29) is 23.5 Å². The van der Waals surface area contributed by atoms with Crippen molar-refractivity contribution in [3.8, 4) is 5.75 Å². The van der Waals surface area contributed by atoms with E-state index in [9.17, 15) is 14.5 Å². The fraction of sp³-hybridized carbons (Fsp3) is 0.710. The van der Waals surface area contributed by atoms with Crippen LogP contribution in [-0.4, -0.2) is 85.7 Å². The topological polar surface area (TPSA) is 105 Å². The Labute approximate surface area is 239 Å². The molecule has 3 saturated heterocycles. The van der Waals surface area contributed by atoms with Crippen LogP contribution in [0.1, 0.15) is 82.1 Å². The number of hydrogen-bond acceptors (Lipinski definition) is 8. The van der Waals surface area contributed by atoms with Crippen molar-refractivity contribution in [3.63, 3.8) is 0 Å². The van der Waals surface area contributed by atoms with Crippen LogP contribution in [0, 0.1) is 23.7 Å².